The van der Waals surface area contributed by atoms with Crippen LogP contribution in [-0.2, 0) is 4.79 Å². The van der Waals surface area contributed by atoms with Crippen LogP contribution in [0.1, 0.15) is 44.5 Å². The molecule has 0 radical (unpaired) electrons. The Balaban J connectivity index is 2.92. The highest BCUT2D eigenvalue weighted by atomic mass is 35.5. The molecule has 0 aliphatic rings. The zero-order chi connectivity index (χ0) is 20.0. The van der Waals surface area contributed by atoms with Crippen LogP contribution in [-0.4, -0.2) is 41.0 Å². The molecule has 2 atom stereocenters. The first-order valence-electron chi connectivity index (χ1n) is 8.45. The zero-order valence-electron chi connectivity index (χ0n) is 15.3. The minimum atomic E-state index is -1.69. The van der Waals surface area contributed by atoms with Crippen molar-refractivity contribution in [2.75, 3.05) is 0 Å². The van der Waals surface area contributed by atoms with Gasteiger partial charge in [0.15, 0.2) is 0 Å². The van der Waals surface area contributed by atoms with Gasteiger partial charge in [-0.3, -0.25) is 9.59 Å². The zero-order valence-corrected chi connectivity index (χ0v) is 16.8. The average Bonchev–Trinajstić information content (AvgIpc) is 2.52. The van der Waals surface area contributed by atoms with Gasteiger partial charge in [0, 0.05) is 5.02 Å². The lowest BCUT2D eigenvalue weighted by Gasteiger charge is -2.26. The molecule has 0 saturated heterocycles. The van der Waals surface area contributed by atoms with Crippen LogP contribution in [0, 0.1) is 11.8 Å². The Kier molecular flexibility index (Phi) is 8.90. The lowest BCUT2D eigenvalue weighted by atomic mass is 9.75. The number of carbonyl (C=O) groups excluding carboxylic acids is 2. The van der Waals surface area contributed by atoms with Gasteiger partial charge in [-0.15, -0.1) is 0 Å². The Morgan fingerprint density at radius 3 is 2.23 bits per heavy atom. The van der Waals surface area contributed by atoms with Crippen molar-refractivity contribution in [3.8, 4) is 0 Å². The summed E-state index contributed by atoms with van der Waals surface area (Å²) in [6.07, 6.45) is 0.391. The van der Waals surface area contributed by atoms with Crippen molar-refractivity contribution in [1.29, 1.82) is 0 Å². The molecule has 26 heavy (non-hydrogen) atoms. The molecule has 0 aromatic heterocycles. The fourth-order valence-electron chi connectivity index (χ4n) is 2.46. The minimum Gasteiger partial charge on any atom is -0.426 e. The van der Waals surface area contributed by atoms with Gasteiger partial charge in [-0.2, -0.15) is 0 Å². The summed E-state index contributed by atoms with van der Waals surface area (Å²) < 4.78 is 0. The van der Waals surface area contributed by atoms with Crippen molar-refractivity contribution in [1.82, 2.24) is 10.6 Å². The maximum absolute atomic E-state index is 12.6. The standard InChI is InChI=1S/C17H25BCl2N2O4/c1-9(2)7-14(18(25)26)21-17(24)15(10(3)4)22-16(23)12-8-11(19)5-6-13(12)20/h5-6,8-10,14-15,25-26H,7H2,1-4H3,(H,21,24)(H,22,23)/t14-,15-/m0/s1. The molecular formula is C17H25BCl2N2O4. The van der Waals surface area contributed by atoms with Gasteiger partial charge in [0.05, 0.1) is 16.5 Å². The highest BCUT2D eigenvalue weighted by molar-refractivity contribution is 6.43. The largest absolute Gasteiger partial charge is 0.475 e. The van der Waals surface area contributed by atoms with Gasteiger partial charge in [-0.1, -0.05) is 50.9 Å². The first-order chi connectivity index (χ1) is 12.0. The number of halogens is 2. The van der Waals surface area contributed by atoms with Crippen molar-refractivity contribution in [2.45, 2.75) is 46.1 Å². The van der Waals surface area contributed by atoms with Crippen molar-refractivity contribution in [2.24, 2.45) is 11.8 Å². The summed E-state index contributed by atoms with van der Waals surface area (Å²) in [5.41, 5.74) is 0.165. The van der Waals surface area contributed by atoms with Crippen LogP contribution in [0.2, 0.25) is 10.0 Å². The van der Waals surface area contributed by atoms with E-state index in [4.69, 9.17) is 23.2 Å². The van der Waals surface area contributed by atoms with E-state index in [1.165, 1.54) is 12.1 Å². The molecule has 1 aromatic rings. The maximum atomic E-state index is 12.6. The fraction of sp³-hybridized carbons (Fsp3) is 0.529. The highest BCUT2D eigenvalue weighted by Gasteiger charge is 2.31. The molecule has 144 valence electrons. The molecule has 6 nitrogen and oxygen atoms in total. The summed E-state index contributed by atoms with van der Waals surface area (Å²) in [5.74, 6) is -1.93. The molecule has 9 heteroatoms. The molecule has 1 aromatic carbocycles. The Bertz CT molecular complexity index is 641. The summed E-state index contributed by atoms with van der Waals surface area (Å²) in [5, 5.41) is 24.8. The molecule has 4 N–H and O–H groups in total. The number of hydrogen-bond acceptors (Lipinski definition) is 4. The van der Waals surface area contributed by atoms with E-state index >= 15 is 0 Å². The number of hydrogen-bond donors (Lipinski definition) is 4. The summed E-state index contributed by atoms with van der Waals surface area (Å²) >= 11 is 11.9. The minimum absolute atomic E-state index is 0.152. The molecular weight excluding hydrogens is 378 g/mol. The molecule has 0 saturated carbocycles. The number of carbonyl (C=O) groups is 2. The van der Waals surface area contributed by atoms with E-state index in [2.05, 4.69) is 10.6 Å². The van der Waals surface area contributed by atoms with Crippen molar-refractivity contribution >= 4 is 42.1 Å². The summed E-state index contributed by atoms with van der Waals surface area (Å²) in [6, 6.07) is 3.62. The Morgan fingerprint density at radius 2 is 1.73 bits per heavy atom. The monoisotopic (exact) mass is 402 g/mol. The molecule has 0 spiro atoms. The first-order valence-corrected chi connectivity index (χ1v) is 9.21. The topological polar surface area (TPSA) is 98.7 Å². The van der Waals surface area contributed by atoms with Crippen LogP contribution in [0.15, 0.2) is 18.2 Å². The smallest absolute Gasteiger partial charge is 0.426 e. The SMILES string of the molecule is CC(C)C[C@H](NC(=O)[C@@H](NC(=O)c1cc(Cl)ccc1Cl)C(C)C)B(O)O. The third-order valence-corrected chi connectivity index (χ3v) is 4.39. The molecule has 0 aliphatic carbocycles. The highest BCUT2D eigenvalue weighted by Crippen LogP contribution is 2.21. The van der Waals surface area contributed by atoms with E-state index in [0.29, 0.717) is 11.4 Å². The predicted molar refractivity (Wildman–Crippen MR) is 104 cm³/mol. The predicted octanol–water partition coefficient (Wildman–Crippen LogP) is 2.29. The average molecular weight is 403 g/mol. The maximum Gasteiger partial charge on any atom is 0.475 e. The molecule has 2 amide bonds. The van der Waals surface area contributed by atoms with Gasteiger partial charge >= 0.3 is 7.12 Å². The van der Waals surface area contributed by atoms with Crippen LogP contribution >= 0.6 is 23.2 Å². The van der Waals surface area contributed by atoms with Gasteiger partial charge in [0.2, 0.25) is 5.91 Å². The van der Waals surface area contributed by atoms with Gasteiger partial charge in [0.25, 0.3) is 5.91 Å². The van der Waals surface area contributed by atoms with E-state index in [9.17, 15) is 19.6 Å². The lowest BCUT2D eigenvalue weighted by Crippen LogP contribution is -2.55. The van der Waals surface area contributed by atoms with Gasteiger partial charge in [-0.25, -0.2) is 0 Å². The normalized spacial score (nSPS) is 13.5. The van der Waals surface area contributed by atoms with Crippen LogP contribution in [0.5, 0.6) is 0 Å². The van der Waals surface area contributed by atoms with E-state index in [1.54, 1.807) is 19.9 Å². The Morgan fingerprint density at radius 1 is 1.12 bits per heavy atom. The second-order valence-electron chi connectivity index (χ2n) is 6.98. The summed E-state index contributed by atoms with van der Waals surface area (Å²) in [7, 11) is -1.69. The van der Waals surface area contributed by atoms with Gasteiger partial charge < -0.3 is 20.7 Å². The quantitative estimate of drug-likeness (QED) is 0.501. The fourth-order valence-corrected chi connectivity index (χ4v) is 2.84. The second kappa shape index (κ2) is 10.2. The van der Waals surface area contributed by atoms with E-state index in [-0.39, 0.29) is 22.4 Å². The molecule has 0 fully saturated rings. The summed E-state index contributed by atoms with van der Waals surface area (Å²) in [4.78, 5) is 25.1. The first kappa shape index (κ1) is 22.8. The second-order valence-corrected chi connectivity index (χ2v) is 7.82. The van der Waals surface area contributed by atoms with Crippen LogP contribution < -0.4 is 10.6 Å². The van der Waals surface area contributed by atoms with E-state index < -0.39 is 30.9 Å². The Hall–Kier alpha value is -1.28. The Labute approximate surface area is 164 Å². The molecule has 0 heterocycles. The number of rotatable bonds is 8. The van der Waals surface area contributed by atoms with Crippen molar-refractivity contribution < 1.29 is 19.6 Å². The van der Waals surface area contributed by atoms with Crippen molar-refractivity contribution in [3.63, 3.8) is 0 Å². The third-order valence-electron chi connectivity index (χ3n) is 3.82. The number of amides is 2. The van der Waals surface area contributed by atoms with Gasteiger partial charge in [-0.05, 0) is 36.5 Å². The lowest BCUT2D eigenvalue weighted by molar-refractivity contribution is -0.124. The van der Waals surface area contributed by atoms with Crippen molar-refractivity contribution in [3.05, 3.63) is 33.8 Å². The van der Waals surface area contributed by atoms with Crippen LogP contribution in [0.3, 0.4) is 0 Å². The van der Waals surface area contributed by atoms with Crippen LogP contribution in [0.4, 0.5) is 0 Å². The van der Waals surface area contributed by atoms with Gasteiger partial charge in [0.1, 0.15) is 6.04 Å². The number of benzene rings is 1. The number of nitrogens with one attached hydrogen (secondary N) is 2. The molecule has 1 rings (SSSR count). The van der Waals surface area contributed by atoms with E-state index in [1.807, 2.05) is 13.8 Å². The molecule has 0 aliphatic heterocycles. The van der Waals surface area contributed by atoms with Crippen LogP contribution in [0.25, 0.3) is 0 Å². The summed E-state index contributed by atoms with van der Waals surface area (Å²) in [6.45, 7) is 7.36. The third kappa shape index (κ3) is 6.80. The molecule has 0 bridgehead atoms. The van der Waals surface area contributed by atoms with E-state index in [0.717, 1.165) is 0 Å². The molecule has 0 unspecified atom stereocenters.